The molecule has 186 valence electrons. The van der Waals surface area contributed by atoms with Crippen molar-refractivity contribution in [2.24, 2.45) is 0 Å². The Hall–Kier alpha value is -4.99. The fraction of sp³-hybridized carbons (Fsp3) is 0. The zero-order chi connectivity index (χ0) is 26.4. The largest absolute Gasteiger partial charge is 0.275 e. The minimum absolute atomic E-state index is 0.0421. The third-order valence-corrected chi connectivity index (χ3v) is 9.55. The predicted molar refractivity (Wildman–Crippen MR) is 171 cm³/mol. The van der Waals surface area contributed by atoms with Gasteiger partial charge >= 0.3 is 0 Å². The van der Waals surface area contributed by atoms with Crippen molar-refractivity contribution in [3.63, 3.8) is 0 Å². The summed E-state index contributed by atoms with van der Waals surface area (Å²) in [6.07, 6.45) is 0. The molecule has 0 fully saturated rings. The van der Waals surface area contributed by atoms with Crippen molar-refractivity contribution in [1.82, 2.24) is 4.40 Å². The summed E-state index contributed by atoms with van der Waals surface area (Å²) in [5.74, 6) is 0. The number of para-hydroxylation sites is 1. The molecule has 0 radical (unpaired) electrons. The summed E-state index contributed by atoms with van der Waals surface area (Å²) < 4.78 is 4.54. The molecule has 0 amide bonds. The second kappa shape index (κ2) is 8.01. The van der Waals surface area contributed by atoms with E-state index in [-0.39, 0.29) is 5.56 Å². The van der Waals surface area contributed by atoms with Crippen LogP contribution in [0.15, 0.2) is 132 Å². The second-order valence-corrected chi connectivity index (χ2v) is 11.5. The Morgan fingerprint density at radius 1 is 0.475 bits per heavy atom. The molecule has 0 spiro atoms. The van der Waals surface area contributed by atoms with E-state index < -0.39 is 0 Å². The third kappa shape index (κ3) is 2.90. The number of rotatable bonds is 2. The molecule has 0 aliphatic rings. The minimum atomic E-state index is 0.0421. The lowest BCUT2D eigenvalue weighted by atomic mass is 9.95. The van der Waals surface area contributed by atoms with E-state index in [9.17, 15) is 4.79 Å². The molecule has 9 aromatic rings. The summed E-state index contributed by atoms with van der Waals surface area (Å²) in [6, 6.07) is 44.9. The first-order valence-electron chi connectivity index (χ1n) is 13.5. The molecule has 3 heterocycles. The van der Waals surface area contributed by atoms with Crippen LogP contribution in [0.5, 0.6) is 0 Å². The number of thiophene rings is 1. The van der Waals surface area contributed by atoms with Crippen LogP contribution in [0, 0.1) is 0 Å². The quantitative estimate of drug-likeness (QED) is 0.205. The van der Waals surface area contributed by atoms with Gasteiger partial charge in [0.05, 0.1) is 11.0 Å². The van der Waals surface area contributed by atoms with Crippen LogP contribution in [0.25, 0.3) is 80.4 Å². The van der Waals surface area contributed by atoms with Gasteiger partial charge in [0.25, 0.3) is 5.56 Å². The van der Waals surface area contributed by atoms with Crippen molar-refractivity contribution in [2.75, 3.05) is 0 Å². The summed E-state index contributed by atoms with van der Waals surface area (Å²) >= 11 is 1.86. The van der Waals surface area contributed by atoms with Crippen molar-refractivity contribution in [3.8, 4) is 22.3 Å². The van der Waals surface area contributed by atoms with Crippen molar-refractivity contribution < 1.29 is 0 Å². The Labute approximate surface area is 233 Å². The zero-order valence-corrected chi connectivity index (χ0v) is 22.2. The van der Waals surface area contributed by atoms with Gasteiger partial charge in [-0.05, 0) is 64.0 Å². The first-order valence-corrected chi connectivity index (χ1v) is 14.3. The summed E-state index contributed by atoms with van der Waals surface area (Å²) in [5, 5.41) is 7.70. The molecule has 0 aliphatic carbocycles. The molecule has 2 nitrogen and oxygen atoms in total. The van der Waals surface area contributed by atoms with Crippen molar-refractivity contribution in [3.05, 3.63) is 138 Å². The van der Waals surface area contributed by atoms with Gasteiger partial charge in [-0.15, -0.1) is 11.3 Å². The van der Waals surface area contributed by atoms with Crippen LogP contribution in [-0.2, 0) is 0 Å². The molecular formula is C37H21NOS. The van der Waals surface area contributed by atoms with Crippen LogP contribution < -0.4 is 5.56 Å². The predicted octanol–water partition coefficient (Wildman–Crippen LogP) is 9.90. The van der Waals surface area contributed by atoms with Gasteiger partial charge in [-0.25, -0.2) is 0 Å². The average Bonchev–Trinajstić information content (AvgIpc) is 3.56. The van der Waals surface area contributed by atoms with Gasteiger partial charge in [-0.2, -0.15) is 0 Å². The van der Waals surface area contributed by atoms with Crippen molar-refractivity contribution in [1.29, 1.82) is 0 Å². The van der Waals surface area contributed by atoms with E-state index in [1.54, 1.807) is 0 Å². The molecule has 6 aromatic carbocycles. The first kappa shape index (κ1) is 21.9. The lowest BCUT2D eigenvalue weighted by Crippen LogP contribution is -2.12. The highest BCUT2D eigenvalue weighted by molar-refractivity contribution is 7.26. The number of benzene rings is 6. The Morgan fingerprint density at radius 2 is 1.12 bits per heavy atom. The molecule has 0 aliphatic heterocycles. The van der Waals surface area contributed by atoms with Gasteiger partial charge in [0, 0.05) is 41.7 Å². The lowest BCUT2D eigenvalue weighted by Gasteiger charge is -2.11. The number of hydrogen-bond donors (Lipinski definition) is 0. The average molecular weight is 528 g/mol. The molecule has 0 saturated carbocycles. The topological polar surface area (TPSA) is 21.5 Å². The SMILES string of the molecule is O=c1c2ccccc2c2cc(-c3cccc(-c4cccc5c4sc4ccccc45)c3)cc3c4ccccc4n1c23. The molecule has 0 unspecified atom stereocenters. The van der Waals surface area contributed by atoms with E-state index in [0.717, 1.165) is 43.5 Å². The maximum atomic E-state index is 13.7. The Balaban J connectivity index is 1.34. The zero-order valence-electron chi connectivity index (χ0n) is 21.4. The monoisotopic (exact) mass is 527 g/mol. The van der Waals surface area contributed by atoms with E-state index in [4.69, 9.17) is 0 Å². The fourth-order valence-corrected chi connectivity index (χ4v) is 7.78. The Kier molecular flexibility index (Phi) is 4.38. The first-order chi connectivity index (χ1) is 19.8. The van der Waals surface area contributed by atoms with Crippen LogP contribution in [-0.4, -0.2) is 4.40 Å². The highest BCUT2D eigenvalue weighted by atomic mass is 32.1. The molecule has 0 saturated heterocycles. The Bertz CT molecular complexity index is 2520. The van der Waals surface area contributed by atoms with Crippen LogP contribution in [0.1, 0.15) is 0 Å². The maximum absolute atomic E-state index is 13.7. The maximum Gasteiger partial charge on any atom is 0.263 e. The van der Waals surface area contributed by atoms with E-state index >= 15 is 0 Å². The summed E-state index contributed by atoms with van der Waals surface area (Å²) in [4.78, 5) is 13.7. The van der Waals surface area contributed by atoms with Crippen LogP contribution in [0.3, 0.4) is 0 Å². The molecule has 0 atom stereocenters. The normalized spacial score (nSPS) is 12.1. The third-order valence-electron chi connectivity index (χ3n) is 8.33. The standard InChI is InChI=1S/C37H21NOS/c39-37-30-14-2-1-11-26(30)31-20-24(21-32-27-12-3-5-17-33(27)38(37)35(31)32)22-9-7-10-23(19-22)25-15-8-16-29-28-13-4-6-18-34(28)40-36(25)29/h1-21H. The number of hydrogen-bond acceptors (Lipinski definition) is 2. The molecular weight excluding hydrogens is 506 g/mol. The van der Waals surface area contributed by atoms with E-state index in [1.165, 1.54) is 36.9 Å². The molecule has 40 heavy (non-hydrogen) atoms. The van der Waals surface area contributed by atoms with Gasteiger partial charge in [0.2, 0.25) is 0 Å². The minimum Gasteiger partial charge on any atom is -0.275 e. The Morgan fingerprint density at radius 3 is 2.00 bits per heavy atom. The van der Waals surface area contributed by atoms with Gasteiger partial charge in [-0.1, -0.05) is 91.0 Å². The van der Waals surface area contributed by atoms with Gasteiger partial charge in [0.15, 0.2) is 0 Å². The van der Waals surface area contributed by atoms with Crippen molar-refractivity contribution in [2.45, 2.75) is 0 Å². The fourth-order valence-electron chi connectivity index (χ4n) is 6.55. The summed E-state index contributed by atoms with van der Waals surface area (Å²) in [5.41, 5.74) is 6.79. The van der Waals surface area contributed by atoms with Crippen molar-refractivity contribution >= 4 is 69.5 Å². The highest BCUT2D eigenvalue weighted by Gasteiger charge is 2.18. The smallest absolute Gasteiger partial charge is 0.263 e. The summed E-state index contributed by atoms with van der Waals surface area (Å²) in [7, 11) is 0. The highest BCUT2D eigenvalue weighted by Crippen LogP contribution is 2.42. The molecule has 0 bridgehead atoms. The van der Waals surface area contributed by atoms with Gasteiger partial charge in [0.1, 0.15) is 0 Å². The number of aromatic nitrogens is 1. The lowest BCUT2D eigenvalue weighted by molar-refractivity contribution is 1.21. The van der Waals surface area contributed by atoms with Gasteiger partial charge in [-0.3, -0.25) is 9.20 Å². The van der Waals surface area contributed by atoms with Crippen LogP contribution >= 0.6 is 11.3 Å². The number of fused-ring (bicyclic) bond motifs is 8. The van der Waals surface area contributed by atoms with Crippen LogP contribution in [0.2, 0.25) is 0 Å². The molecule has 3 heteroatoms. The van der Waals surface area contributed by atoms with Gasteiger partial charge < -0.3 is 0 Å². The van der Waals surface area contributed by atoms with E-state index in [2.05, 4.69) is 103 Å². The van der Waals surface area contributed by atoms with E-state index in [1.807, 2.05) is 40.0 Å². The second-order valence-electron chi connectivity index (χ2n) is 10.5. The molecule has 3 aromatic heterocycles. The van der Waals surface area contributed by atoms with Crippen LogP contribution in [0.4, 0.5) is 0 Å². The molecule has 0 N–H and O–H groups in total. The number of pyridine rings is 1. The van der Waals surface area contributed by atoms with E-state index in [0.29, 0.717) is 0 Å². The number of nitrogens with zero attached hydrogens (tertiary/aromatic N) is 1. The molecule has 9 rings (SSSR count). The summed E-state index contributed by atoms with van der Waals surface area (Å²) in [6.45, 7) is 0.